The molecule has 6 heteroatoms. The third-order valence-electron chi connectivity index (χ3n) is 2.89. The molecule has 0 fully saturated rings. The highest BCUT2D eigenvalue weighted by Crippen LogP contribution is 2.13. The number of carboxylic acids is 1. The van der Waals surface area contributed by atoms with E-state index in [-0.39, 0.29) is 11.5 Å². The summed E-state index contributed by atoms with van der Waals surface area (Å²) in [6.07, 6.45) is 0.944. The molecule has 0 atom stereocenters. The molecule has 0 saturated carbocycles. The molecule has 0 aliphatic heterocycles. The Morgan fingerprint density at radius 2 is 1.82 bits per heavy atom. The van der Waals surface area contributed by atoms with Gasteiger partial charge in [-0.25, -0.2) is 4.79 Å². The van der Waals surface area contributed by atoms with E-state index in [1.54, 1.807) is 0 Å². The number of aromatic carboxylic acids is 1. The molecule has 0 aliphatic rings. The maximum atomic E-state index is 11.8. The summed E-state index contributed by atoms with van der Waals surface area (Å²) in [5.41, 5.74) is 0.905. The number of rotatable bonds is 7. The summed E-state index contributed by atoms with van der Waals surface area (Å²) in [7, 11) is 0. The third-order valence-corrected chi connectivity index (χ3v) is 2.89. The minimum atomic E-state index is -1.21. The van der Waals surface area contributed by atoms with E-state index in [2.05, 4.69) is 5.32 Å². The number of nitrogens with one attached hydrogen (secondary N) is 1. The van der Waals surface area contributed by atoms with Crippen LogP contribution in [0.5, 0.6) is 5.75 Å². The number of furan rings is 1. The van der Waals surface area contributed by atoms with Crippen LogP contribution in [0.25, 0.3) is 0 Å². The molecule has 2 aromatic rings. The summed E-state index contributed by atoms with van der Waals surface area (Å²) in [5.74, 6) is -1.17. The molecule has 0 aliphatic carbocycles. The molecule has 0 unspecified atom stereocenters. The molecule has 0 spiro atoms. The van der Waals surface area contributed by atoms with Gasteiger partial charge in [-0.05, 0) is 36.2 Å². The number of hydrogen-bond acceptors (Lipinski definition) is 4. The molecule has 1 aromatic carbocycles. The van der Waals surface area contributed by atoms with Gasteiger partial charge in [0.2, 0.25) is 5.76 Å². The zero-order chi connectivity index (χ0) is 15.9. The fraction of sp³-hybridized carbons (Fsp3) is 0.250. The van der Waals surface area contributed by atoms with E-state index in [1.165, 1.54) is 12.1 Å². The van der Waals surface area contributed by atoms with Gasteiger partial charge >= 0.3 is 5.97 Å². The van der Waals surface area contributed by atoms with Crippen LogP contribution in [0.3, 0.4) is 0 Å². The maximum Gasteiger partial charge on any atom is 0.371 e. The van der Waals surface area contributed by atoms with E-state index in [9.17, 15) is 9.59 Å². The summed E-state index contributed by atoms with van der Waals surface area (Å²) in [4.78, 5) is 22.5. The predicted molar refractivity (Wildman–Crippen MR) is 79.1 cm³/mol. The minimum absolute atomic E-state index is 0.0275. The van der Waals surface area contributed by atoms with Crippen LogP contribution >= 0.6 is 0 Å². The van der Waals surface area contributed by atoms with Crippen LogP contribution in [0.15, 0.2) is 40.8 Å². The Hall–Kier alpha value is -2.76. The van der Waals surface area contributed by atoms with E-state index in [4.69, 9.17) is 14.3 Å². The van der Waals surface area contributed by atoms with Gasteiger partial charge in [0, 0.05) is 6.54 Å². The first-order valence-corrected chi connectivity index (χ1v) is 6.93. The summed E-state index contributed by atoms with van der Waals surface area (Å²) in [5, 5.41) is 11.4. The average molecular weight is 303 g/mol. The van der Waals surface area contributed by atoms with Gasteiger partial charge in [-0.15, -0.1) is 0 Å². The Morgan fingerprint density at radius 3 is 2.41 bits per heavy atom. The molecule has 6 nitrogen and oxygen atoms in total. The van der Waals surface area contributed by atoms with Crippen molar-refractivity contribution in [3.05, 3.63) is 53.5 Å². The van der Waals surface area contributed by atoms with Gasteiger partial charge in [0.05, 0.1) is 6.61 Å². The largest absolute Gasteiger partial charge is 0.494 e. The van der Waals surface area contributed by atoms with Crippen molar-refractivity contribution in [2.45, 2.75) is 19.9 Å². The highest BCUT2D eigenvalue weighted by atomic mass is 16.5. The van der Waals surface area contributed by atoms with Crippen molar-refractivity contribution in [3.8, 4) is 5.75 Å². The lowest BCUT2D eigenvalue weighted by Gasteiger charge is -2.06. The van der Waals surface area contributed by atoms with E-state index in [0.29, 0.717) is 13.2 Å². The number of amides is 1. The molecule has 1 heterocycles. The zero-order valence-electron chi connectivity index (χ0n) is 12.2. The number of carboxylic acid groups (broad SMARTS) is 1. The molecule has 0 saturated heterocycles. The Labute approximate surface area is 127 Å². The van der Waals surface area contributed by atoms with Crippen molar-refractivity contribution in [1.29, 1.82) is 0 Å². The van der Waals surface area contributed by atoms with Crippen LogP contribution in [0.4, 0.5) is 0 Å². The first-order chi connectivity index (χ1) is 10.6. The summed E-state index contributed by atoms with van der Waals surface area (Å²) in [6, 6.07) is 9.98. The van der Waals surface area contributed by atoms with Crippen LogP contribution in [0.1, 0.15) is 40.0 Å². The standard InChI is InChI=1S/C16H17NO5/c1-2-9-21-12-5-3-11(4-6-12)10-17-15(18)13-7-8-14(22-13)16(19)20/h3-8H,2,9-10H2,1H3,(H,17,18)(H,19,20). The van der Waals surface area contributed by atoms with Crippen LogP contribution in [0, 0.1) is 0 Å². The second-order valence-electron chi connectivity index (χ2n) is 4.64. The van der Waals surface area contributed by atoms with Crippen LogP contribution in [0.2, 0.25) is 0 Å². The lowest BCUT2D eigenvalue weighted by molar-refractivity contribution is 0.0659. The van der Waals surface area contributed by atoms with Crippen LogP contribution in [-0.4, -0.2) is 23.6 Å². The van der Waals surface area contributed by atoms with Crippen LogP contribution in [-0.2, 0) is 6.54 Å². The topological polar surface area (TPSA) is 88.8 Å². The molecule has 1 aromatic heterocycles. The summed E-state index contributed by atoms with van der Waals surface area (Å²) < 4.78 is 10.4. The van der Waals surface area contributed by atoms with Crippen molar-refractivity contribution in [1.82, 2.24) is 5.32 Å². The van der Waals surface area contributed by atoms with Crippen molar-refractivity contribution in [2.75, 3.05) is 6.61 Å². The van der Waals surface area contributed by atoms with E-state index in [0.717, 1.165) is 17.7 Å². The van der Waals surface area contributed by atoms with Gasteiger partial charge in [0.1, 0.15) is 5.75 Å². The smallest absolute Gasteiger partial charge is 0.371 e. The Balaban J connectivity index is 1.88. The van der Waals surface area contributed by atoms with Gasteiger partial charge in [-0.1, -0.05) is 19.1 Å². The molecule has 2 N–H and O–H groups in total. The van der Waals surface area contributed by atoms with Crippen LogP contribution < -0.4 is 10.1 Å². The van der Waals surface area contributed by atoms with Gasteiger partial charge in [0.15, 0.2) is 5.76 Å². The lowest BCUT2D eigenvalue weighted by Crippen LogP contribution is -2.22. The third kappa shape index (κ3) is 4.12. The molecule has 22 heavy (non-hydrogen) atoms. The number of ether oxygens (including phenoxy) is 1. The molecule has 1 amide bonds. The second kappa shape index (κ2) is 7.31. The first-order valence-electron chi connectivity index (χ1n) is 6.93. The Bertz CT molecular complexity index is 645. The monoisotopic (exact) mass is 303 g/mol. The molecule has 0 radical (unpaired) electrons. The highest BCUT2D eigenvalue weighted by molar-refractivity contribution is 5.93. The number of benzene rings is 1. The average Bonchev–Trinajstić information content (AvgIpc) is 3.02. The maximum absolute atomic E-state index is 11.8. The van der Waals surface area contributed by atoms with E-state index >= 15 is 0 Å². The summed E-state index contributed by atoms with van der Waals surface area (Å²) in [6.45, 7) is 3.02. The molecular weight excluding hydrogens is 286 g/mol. The van der Waals surface area contributed by atoms with Gasteiger partial charge in [-0.3, -0.25) is 4.79 Å². The van der Waals surface area contributed by atoms with Gasteiger partial charge in [-0.2, -0.15) is 0 Å². The minimum Gasteiger partial charge on any atom is -0.494 e. The number of carbonyl (C=O) groups is 2. The fourth-order valence-corrected chi connectivity index (χ4v) is 1.77. The number of carbonyl (C=O) groups excluding carboxylic acids is 1. The van der Waals surface area contributed by atoms with Gasteiger partial charge in [0.25, 0.3) is 5.91 Å². The predicted octanol–water partition coefficient (Wildman–Crippen LogP) is 2.70. The second-order valence-corrected chi connectivity index (χ2v) is 4.64. The SMILES string of the molecule is CCCOc1ccc(CNC(=O)c2ccc(C(=O)O)o2)cc1. The van der Waals surface area contributed by atoms with Crippen molar-refractivity contribution >= 4 is 11.9 Å². The highest BCUT2D eigenvalue weighted by Gasteiger charge is 2.14. The molecular formula is C16H17NO5. The molecule has 116 valence electrons. The summed E-state index contributed by atoms with van der Waals surface area (Å²) >= 11 is 0. The van der Waals surface area contributed by atoms with Gasteiger partial charge < -0.3 is 19.6 Å². The quantitative estimate of drug-likeness (QED) is 0.821. The van der Waals surface area contributed by atoms with Crippen molar-refractivity contribution in [2.24, 2.45) is 0 Å². The normalized spacial score (nSPS) is 10.2. The van der Waals surface area contributed by atoms with E-state index < -0.39 is 11.9 Å². The van der Waals surface area contributed by atoms with E-state index in [1.807, 2.05) is 31.2 Å². The Morgan fingerprint density at radius 1 is 1.14 bits per heavy atom. The number of hydrogen-bond donors (Lipinski definition) is 2. The molecule has 0 bridgehead atoms. The lowest BCUT2D eigenvalue weighted by atomic mass is 10.2. The Kier molecular flexibility index (Phi) is 5.19. The fourth-order valence-electron chi connectivity index (χ4n) is 1.77. The van der Waals surface area contributed by atoms with Crippen molar-refractivity contribution < 1.29 is 23.8 Å². The molecule has 2 rings (SSSR count). The first kappa shape index (κ1) is 15.6. The zero-order valence-corrected chi connectivity index (χ0v) is 12.2. The van der Waals surface area contributed by atoms with Crippen molar-refractivity contribution in [3.63, 3.8) is 0 Å².